The maximum absolute atomic E-state index is 12.0. The summed E-state index contributed by atoms with van der Waals surface area (Å²) < 4.78 is 0.617. The molecule has 1 aliphatic rings. The molecule has 1 fully saturated rings. The summed E-state index contributed by atoms with van der Waals surface area (Å²) in [5.74, 6) is 0.986. The van der Waals surface area contributed by atoms with Gasteiger partial charge in [-0.15, -0.1) is 0 Å². The number of rotatable bonds is 7. The van der Waals surface area contributed by atoms with Crippen molar-refractivity contribution in [1.29, 1.82) is 0 Å². The predicted molar refractivity (Wildman–Crippen MR) is 84.9 cm³/mol. The van der Waals surface area contributed by atoms with Crippen LogP contribution in [0.1, 0.15) is 39.0 Å². The number of hydrogen-bond acceptors (Lipinski definition) is 6. The van der Waals surface area contributed by atoms with Gasteiger partial charge in [-0.25, -0.2) is 4.98 Å². The Morgan fingerprint density at radius 1 is 1.40 bits per heavy atom. The van der Waals surface area contributed by atoms with Crippen LogP contribution in [0.4, 0.5) is 5.13 Å². The minimum absolute atomic E-state index is 0.0747. The number of aromatic amines is 1. The Balaban J connectivity index is 1.75. The van der Waals surface area contributed by atoms with Crippen LogP contribution in [-0.4, -0.2) is 26.7 Å². The van der Waals surface area contributed by atoms with Crippen molar-refractivity contribution in [1.82, 2.24) is 15.0 Å². The Hall–Kier alpha value is -1.08. The minimum Gasteiger partial charge on any atom is -0.359 e. The first-order valence-corrected chi connectivity index (χ1v) is 8.86. The highest BCUT2D eigenvalue weighted by molar-refractivity contribution is 7.99. The molecule has 0 radical (unpaired) electrons. The summed E-state index contributed by atoms with van der Waals surface area (Å²) in [5, 5.41) is 4.82. The minimum atomic E-state index is -0.0747. The first-order valence-electron chi connectivity index (χ1n) is 7.06. The lowest BCUT2D eigenvalue weighted by molar-refractivity contribution is 0.777. The molecule has 20 heavy (non-hydrogen) atoms. The predicted octanol–water partition coefficient (Wildman–Crippen LogP) is 3.24. The van der Waals surface area contributed by atoms with Crippen molar-refractivity contribution >= 4 is 38.6 Å². The SMILES string of the molecule is CCCCCSc1nc2nc(NC3CC3)sc2c(=O)[nH]1. The van der Waals surface area contributed by atoms with Crippen molar-refractivity contribution < 1.29 is 0 Å². The van der Waals surface area contributed by atoms with Crippen molar-refractivity contribution in [3.8, 4) is 0 Å². The van der Waals surface area contributed by atoms with Crippen LogP contribution in [0.15, 0.2) is 9.95 Å². The molecule has 2 aromatic heterocycles. The van der Waals surface area contributed by atoms with Crippen LogP contribution in [0, 0.1) is 0 Å². The molecule has 0 unspecified atom stereocenters. The molecule has 7 heteroatoms. The van der Waals surface area contributed by atoms with E-state index in [2.05, 4.69) is 27.2 Å². The number of thioether (sulfide) groups is 1. The quantitative estimate of drug-likeness (QED) is 0.467. The third-order valence-electron chi connectivity index (χ3n) is 3.14. The molecule has 3 rings (SSSR count). The fourth-order valence-corrected chi connectivity index (χ4v) is 3.60. The topological polar surface area (TPSA) is 70.7 Å². The van der Waals surface area contributed by atoms with E-state index in [0.717, 1.165) is 17.3 Å². The second kappa shape index (κ2) is 6.13. The van der Waals surface area contributed by atoms with Gasteiger partial charge >= 0.3 is 0 Å². The fraction of sp³-hybridized carbons (Fsp3) is 0.615. The van der Waals surface area contributed by atoms with E-state index in [0.29, 0.717) is 21.5 Å². The number of nitrogens with zero attached hydrogens (tertiary/aromatic N) is 2. The number of thiazole rings is 1. The summed E-state index contributed by atoms with van der Waals surface area (Å²) in [4.78, 5) is 23.8. The molecular weight excluding hydrogens is 292 g/mol. The number of fused-ring (bicyclic) bond motifs is 1. The van der Waals surface area contributed by atoms with Crippen molar-refractivity contribution in [2.24, 2.45) is 0 Å². The van der Waals surface area contributed by atoms with Crippen molar-refractivity contribution in [3.05, 3.63) is 10.4 Å². The molecule has 1 saturated carbocycles. The van der Waals surface area contributed by atoms with Gasteiger partial charge in [0.2, 0.25) is 0 Å². The molecule has 0 aliphatic heterocycles. The lowest BCUT2D eigenvalue weighted by Gasteiger charge is -1.99. The van der Waals surface area contributed by atoms with Crippen molar-refractivity contribution in [2.45, 2.75) is 50.2 Å². The molecule has 108 valence electrons. The normalized spacial score (nSPS) is 14.8. The molecule has 2 aromatic rings. The molecule has 0 atom stereocenters. The van der Waals surface area contributed by atoms with Crippen LogP contribution in [-0.2, 0) is 0 Å². The van der Waals surface area contributed by atoms with Crippen LogP contribution < -0.4 is 10.9 Å². The molecule has 1 aliphatic carbocycles. The van der Waals surface area contributed by atoms with Crippen LogP contribution in [0.25, 0.3) is 10.3 Å². The summed E-state index contributed by atoms with van der Waals surface area (Å²) in [6.45, 7) is 2.18. The summed E-state index contributed by atoms with van der Waals surface area (Å²) in [7, 11) is 0. The summed E-state index contributed by atoms with van der Waals surface area (Å²) >= 11 is 3.00. The molecule has 0 amide bonds. The molecule has 0 saturated heterocycles. The third-order valence-corrected chi connectivity index (χ3v) is 5.07. The van der Waals surface area contributed by atoms with E-state index in [4.69, 9.17) is 0 Å². The van der Waals surface area contributed by atoms with Crippen LogP contribution in [0.5, 0.6) is 0 Å². The van der Waals surface area contributed by atoms with E-state index in [9.17, 15) is 4.79 Å². The Bertz CT molecular complexity index is 647. The number of nitrogens with one attached hydrogen (secondary N) is 2. The average Bonchev–Trinajstić information content (AvgIpc) is 3.13. The fourth-order valence-electron chi connectivity index (χ4n) is 1.87. The van der Waals surface area contributed by atoms with E-state index in [1.165, 1.54) is 37.0 Å². The van der Waals surface area contributed by atoms with E-state index in [1.54, 1.807) is 11.8 Å². The van der Waals surface area contributed by atoms with Crippen molar-refractivity contribution in [3.63, 3.8) is 0 Å². The van der Waals surface area contributed by atoms with Crippen LogP contribution in [0.2, 0.25) is 0 Å². The second-order valence-corrected chi connectivity index (χ2v) is 7.10. The summed E-state index contributed by atoms with van der Waals surface area (Å²) in [6.07, 6.45) is 5.95. The average molecular weight is 310 g/mol. The first kappa shape index (κ1) is 13.9. The van der Waals surface area contributed by atoms with Gasteiger partial charge < -0.3 is 10.3 Å². The lowest BCUT2D eigenvalue weighted by atomic mass is 10.3. The monoisotopic (exact) mass is 310 g/mol. The largest absolute Gasteiger partial charge is 0.359 e. The van der Waals surface area contributed by atoms with Gasteiger partial charge in [0.15, 0.2) is 15.9 Å². The third kappa shape index (κ3) is 3.32. The Labute approximate surface area is 125 Å². The molecule has 2 N–H and O–H groups in total. The molecule has 0 spiro atoms. The Morgan fingerprint density at radius 2 is 2.25 bits per heavy atom. The summed E-state index contributed by atoms with van der Waals surface area (Å²) in [5.41, 5.74) is 0.495. The van der Waals surface area contributed by atoms with Gasteiger partial charge in [0.25, 0.3) is 5.56 Å². The van der Waals surface area contributed by atoms with Gasteiger partial charge in [-0.1, -0.05) is 42.9 Å². The zero-order chi connectivity index (χ0) is 13.9. The smallest absolute Gasteiger partial charge is 0.271 e. The maximum atomic E-state index is 12.0. The van der Waals surface area contributed by atoms with Crippen LogP contribution in [0.3, 0.4) is 0 Å². The van der Waals surface area contributed by atoms with Gasteiger partial charge in [-0.3, -0.25) is 4.79 Å². The first-order chi connectivity index (χ1) is 9.76. The standard InChI is InChI=1S/C13H18N4OS2/c1-2-3-4-7-19-12-15-10-9(11(18)17-12)20-13(16-10)14-8-5-6-8/h8H,2-7H2,1H3,(H2,14,15,16,17,18). The van der Waals surface area contributed by atoms with Gasteiger partial charge in [0, 0.05) is 11.8 Å². The summed E-state index contributed by atoms with van der Waals surface area (Å²) in [6, 6.07) is 0.539. The molecule has 5 nitrogen and oxygen atoms in total. The zero-order valence-corrected chi connectivity index (χ0v) is 13.1. The van der Waals surface area contributed by atoms with Gasteiger partial charge in [0.1, 0.15) is 4.70 Å². The lowest BCUT2D eigenvalue weighted by Crippen LogP contribution is -2.07. The molecule has 0 bridgehead atoms. The van der Waals surface area contributed by atoms with E-state index >= 15 is 0 Å². The number of H-pyrrole nitrogens is 1. The van der Waals surface area contributed by atoms with Gasteiger partial charge in [-0.05, 0) is 19.3 Å². The highest BCUT2D eigenvalue weighted by Gasteiger charge is 2.22. The number of hydrogen-bond donors (Lipinski definition) is 2. The highest BCUT2D eigenvalue weighted by Crippen LogP contribution is 2.29. The number of anilines is 1. The number of aromatic nitrogens is 3. The molecule has 0 aromatic carbocycles. The van der Waals surface area contributed by atoms with E-state index in [-0.39, 0.29) is 5.56 Å². The molecular formula is C13H18N4OS2. The Kier molecular flexibility index (Phi) is 4.26. The maximum Gasteiger partial charge on any atom is 0.271 e. The van der Waals surface area contributed by atoms with Crippen molar-refractivity contribution in [2.75, 3.05) is 11.1 Å². The van der Waals surface area contributed by atoms with E-state index in [1.807, 2.05) is 0 Å². The van der Waals surface area contributed by atoms with Gasteiger partial charge in [0.05, 0.1) is 0 Å². The molecule has 2 heterocycles. The Morgan fingerprint density at radius 3 is 3.00 bits per heavy atom. The number of unbranched alkanes of at least 4 members (excludes halogenated alkanes) is 2. The van der Waals surface area contributed by atoms with Crippen LogP contribution >= 0.6 is 23.1 Å². The van der Waals surface area contributed by atoms with Gasteiger partial charge in [-0.2, -0.15) is 4.98 Å². The second-order valence-electron chi connectivity index (χ2n) is 5.02. The highest BCUT2D eigenvalue weighted by atomic mass is 32.2. The zero-order valence-electron chi connectivity index (χ0n) is 11.4. The van der Waals surface area contributed by atoms with E-state index < -0.39 is 0 Å².